The summed E-state index contributed by atoms with van der Waals surface area (Å²) in [5.41, 5.74) is 8.10. The van der Waals surface area contributed by atoms with Crippen LogP contribution in [0.15, 0.2) is 64.1 Å². The second-order valence-corrected chi connectivity index (χ2v) is 6.50. The summed E-state index contributed by atoms with van der Waals surface area (Å²) in [6, 6.07) is 14.6. The van der Waals surface area contributed by atoms with Crippen molar-refractivity contribution in [3.05, 3.63) is 64.6 Å². The molecule has 9 heteroatoms. The number of nitrogens with zero attached hydrogens (tertiary/aromatic N) is 3. The Balaban J connectivity index is 1.83. The SMILES string of the molecule is Cn1nc(-c2ccc(Br)cc2)cc1N=C(N)c1ccc(OC(F)(F)F)cc1. The second kappa shape index (κ2) is 7.43. The highest BCUT2D eigenvalue weighted by molar-refractivity contribution is 9.10. The minimum absolute atomic E-state index is 0.152. The highest BCUT2D eigenvalue weighted by atomic mass is 79.9. The number of ether oxygens (including phenoxy) is 1. The van der Waals surface area contributed by atoms with E-state index in [1.807, 2.05) is 24.3 Å². The molecule has 0 aliphatic carbocycles. The molecule has 2 aromatic carbocycles. The summed E-state index contributed by atoms with van der Waals surface area (Å²) in [5.74, 6) is 0.344. The van der Waals surface area contributed by atoms with Crippen LogP contribution >= 0.6 is 15.9 Å². The molecule has 2 N–H and O–H groups in total. The molecule has 3 aromatic rings. The summed E-state index contributed by atoms with van der Waals surface area (Å²) >= 11 is 3.38. The van der Waals surface area contributed by atoms with Gasteiger partial charge in [-0.2, -0.15) is 5.10 Å². The molecule has 0 radical (unpaired) electrons. The zero-order valence-corrected chi connectivity index (χ0v) is 15.6. The van der Waals surface area contributed by atoms with Crippen molar-refractivity contribution < 1.29 is 17.9 Å². The van der Waals surface area contributed by atoms with Crippen molar-refractivity contribution in [3.63, 3.8) is 0 Å². The Morgan fingerprint density at radius 2 is 1.74 bits per heavy atom. The molecular weight excluding hydrogens is 425 g/mol. The number of alkyl halides is 3. The largest absolute Gasteiger partial charge is 0.573 e. The van der Waals surface area contributed by atoms with E-state index in [2.05, 4.69) is 30.8 Å². The van der Waals surface area contributed by atoms with Crippen LogP contribution < -0.4 is 10.5 Å². The maximum absolute atomic E-state index is 12.2. The summed E-state index contributed by atoms with van der Waals surface area (Å²) in [4.78, 5) is 4.32. The molecule has 0 saturated carbocycles. The van der Waals surface area contributed by atoms with Gasteiger partial charge in [-0.25, -0.2) is 4.99 Å². The molecule has 0 unspecified atom stereocenters. The van der Waals surface area contributed by atoms with Crippen LogP contribution in [0.25, 0.3) is 11.3 Å². The molecule has 1 heterocycles. The lowest BCUT2D eigenvalue weighted by Crippen LogP contribution is -2.17. The fourth-order valence-electron chi connectivity index (χ4n) is 2.34. The fourth-order valence-corrected chi connectivity index (χ4v) is 2.60. The zero-order chi connectivity index (χ0) is 19.6. The van der Waals surface area contributed by atoms with Gasteiger partial charge in [0.1, 0.15) is 11.6 Å². The Hall–Kier alpha value is -2.81. The summed E-state index contributed by atoms with van der Waals surface area (Å²) in [6.07, 6.45) is -4.74. The van der Waals surface area contributed by atoms with Gasteiger partial charge in [-0.3, -0.25) is 4.68 Å². The van der Waals surface area contributed by atoms with E-state index >= 15 is 0 Å². The lowest BCUT2D eigenvalue weighted by atomic mass is 10.1. The average Bonchev–Trinajstić information content (AvgIpc) is 2.95. The molecule has 27 heavy (non-hydrogen) atoms. The van der Waals surface area contributed by atoms with Crippen LogP contribution in [0.2, 0.25) is 0 Å². The third-order valence-electron chi connectivity index (χ3n) is 3.61. The predicted molar refractivity (Wildman–Crippen MR) is 99.9 cm³/mol. The van der Waals surface area contributed by atoms with Crippen LogP contribution in [0.4, 0.5) is 19.0 Å². The number of halogens is 4. The average molecular weight is 439 g/mol. The highest BCUT2D eigenvalue weighted by Crippen LogP contribution is 2.26. The van der Waals surface area contributed by atoms with Gasteiger partial charge in [0.2, 0.25) is 0 Å². The second-order valence-electron chi connectivity index (χ2n) is 5.59. The van der Waals surface area contributed by atoms with Crippen LogP contribution in [0.1, 0.15) is 5.56 Å². The van der Waals surface area contributed by atoms with Crippen molar-refractivity contribution in [2.45, 2.75) is 6.36 Å². The number of amidine groups is 1. The van der Waals surface area contributed by atoms with Crippen molar-refractivity contribution in [2.24, 2.45) is 17.8 Å². The maximum Gasteiger partial charge on any atom is 0.573 e. The van der Waals surface area contributed by atoms with Crippen molar-refractivity contribution >= 4 is 27.6 Å². The number of aromatic nitrogens is 2. The highest BCUT2D eigenvalue weighted by Gasteiger charge is 2.30. The number of hydrogen-bond donors (Lipinski definition) is 1. The van der Waals surface area contributed by atoms with E-state index in [0.717, 1.165) is 15.7 Å². The van der Waals surface area contributed by atoms with Gasteiger partial charge in [0.05, 0.1) is 5.69 Å². The first-order valence-electron chi connectivity index (χ1n) is 7.71. The summed E-state index contributed by atoms with van der Waals surface area (Å²) in [5, 5.41) is 4.41. The van der Waals surface area contributed by atoms with E-state index in [4.69, 9.17) is 5.73 Å². The number of nitrogens with two attached hydrogens (primary N) is 1. The molecule has 140 valence electrons. The van der Waals surface area contributed by atoms with Crippen molar-refractivity contribution in [2.75, 3.05) is 0 Å². The molecule has 3 rings (SSSR count). The van der Waals surface area contributed by atoms with E-state index in [-0.39, 0.29) is 11.6 Å². The Labute approximate surface area is 161 Å². The van der Waals surface area contributed by atoms with Gasteiger partial charge >= 0.3 is 6.36 Å². The molecule has 0 bridgehead atoms. The van der Waals surface area contributed by atoms with E-state index in [9.17, 15) is 13.2 Å². The van der Waals surface area contributed by atoms with Crippen LogP contribution in [-0.4, -0.2) is 22.0 Å². The van der Waals surface area contributed by atoms with Crippen LogP contribution in [0.5, 0.6) is 5.75 Å². The number of hydrogen-bond acceptors (Lipinski definition) is 3. The Morgan fingerprint density at radius 3 is 2.33 bits per heavy atom. The lowest BCUT2D eigenvalue weighted by molar-refractivity contribution is -0.274. The Kier molecular flexibility index (Phi) is 5.22. The molecule has 0 atom stereocenters. The number of aliphatic imine (C=N–C) groups is 1. The number of aryl methyl sites for hydroxylation is 1. The third kappa shape index (κ3) is 4.88. The first kappa shape index (κ1) is 19.0. The van der Waals surface area contributed by atoms with Crippen molar-refractivity contribution in [1.82, 2.24) is 9.78 Å². The molecule has 0 spiro atoms. The van der Waals surface area contributed by atoms with Crippen LogP contribution in [0, 0.1) is 0 Å². The normalized spacial score (nSPS) is 12.3. The van der Waals surface area contributed by atoms with Crippen molar-refractivity contribution in [1.29, 1.82) is 0 Å². The molecule has 0 amide bonds. The van der Waals surface area contributed by atoms with Crippen LogP contribution in [-0.2, 0) is 7.05 Å². The maximum atomic E-state index is 12.2. The summed E-state index contributed by atoms with van der Waals surface area (Å²) in [7, 11) is 1.73. The van der Waals surface area contributed by atoms with Crippen molar-refractivity contribution in [3.8, 4) is 17.0 Å². The standard InChI is InChI=1S/C18H14BrF3N4O/c1-26-16(10-15(25-26)11-2-6-13(19)7-3-11)24-17(23)12-4-8-14(9-5-12)27-18(20,21)22/h2-10H,1H3,(H2,23,24). The molecule has 0 saturated heterocycles. The lowest BCUT2D eigenvalue weighted by Gasteiger charge is -2.09. The minimum atomic E-state index is -4.74. The van der Waals surface area contributed by atoms with Gasteiger partial charge in [0.25, 0.3) is 0 Å². The van der Waals surface area contributed by atoms with Gasteiger partial charge in [-0.05, 0) is 36.4 Å². The molecule has 1 aromatic heterocycles. The smallest absolute Gasteiger partial charge is 0.406 e. The molecule has 0 fully saturated rings. The number of rotatable bonds is 4. The fraction of sp³-hybridized carbons (Fsp3) is 0.111. The minimum Gasteiger partial charge on any atom is -0.406 e. The zero-order valence-electron chi connectivity index (χ0n) is 14.0. The van der Waals surface area contributed by atoms with E-state index in [0.29, 0.717) is 11.4 Å². The summed E-state index contributed by atoms with van der Waals surface area (Å²) in [6.45, 7) is 0. The third-order valence-corrected chi connectivity index (χ3v) is 4.14. The van der Waals surface area contributed by atoms with E-state index in [1.54, 1.807) is 17.8 Å². The summed E-state index contributed by atoms with van der Waals surface area (Å²) < 4.78 is 43.0. The van der Waals surface area contributed by atoms with Gasteiger partial charge in [0.15, 0.2) is 5.82 Å². The van der Waals surface area contributed by atoms with Gasteiger partial charge in [-0.1, -0.05) is 28.1 Å². The van der Waals surface area contributed by atoms with Gasteiger partial charge < -0.3 is 10.5 Å². The molecule has 0 aliphatic rings. The van der Waals surface area contributed by atoms with Gasteiger partial charge in [-0.15, -0.1) is 13.2 Å². The van der Waals surface area contributed by atoms with Gasteiger partial charge in [0, 0.05) is 28.7 Å². The topological polar surface area (TPSA) is 65.4 Å². The van der Waals surface area contributed by atoms with E-state index in [1.165, 1.54) is 24.3 Å². The molecular formula is C18H14BrF3N4O. The van der Waals surface area contributed by atoms with E-state index < -0.39 is 6.36 Å². The van der Waals surface area contributed by atoms with Crippen LogP contribution in [0.3, 0.4) is 0 Å². The predicted octanol–water partition coefficient (Wildman–Crippen LogP) is 4.79. The Morgan fingerprint density at radius 1 is 1.11 bits per heavy atom. The Bertz CT molecular complexity index is 964. The monoisotopic (exact) mass is 438 g/mol. The number of benzene rings is 2. The quantitative estimate of drug-likeness (QED) is 0.470. The first-order valence-corrected chi connectivity index (χ1v) is 8.51. The molecule has 0 aliphatic heterocycles. The molecule has 5 nitrogen and oxygen atoms in total. The first-order chi connectivity index (χ1) is 12.7.